The summed E-state index contributed by atoms with van der Waals surface area (Å²) < 4.78 is 3.20. The molecule has 0 aliphatic heterocycles. The SMILES string of the molecule is C[C@H](NC(=O)c1cncc2cccnc12)c1nc2cccc(C#Cc3cnn(C)c3)c2c(=O)n1-c1ccccc1. The van der Waals surface area contributed by atoms with Crippen molar-refractivity contribution in [2.24, 2.45) is 7.05 Å². The fourth-order valence-electron chi connectivity index (χ4n) is 4.60. The maximum Gasteiger partial charge on any atom is 0.267 e. The maximum absolute atomic E-state index is 14.1. The summed E-state index contributed by atoms with van der Waals surface area (Å²) in [5, 5.41) is 8.29. The quantitative estimate of drug-likeness (QED) is 0.349. The van der Waals surface area contributed by atoms with Gasteiger partial charge in [-0.15, -0.1) is 0 Å². The number of amides is 1. The van der Waals surface area contributed by atoms with E-state index in [-0.39, 0.29) is 11.5 Å². The van der Waals surface area contributed by atoms with Crippen molar-refractivity contribution in [3.05, 3.63) is 125 Å². The zero-order valence-electron chi connectivity index (χ0n) is 21.7. The monoisotopic (exact) mass is 525 g/mol. The number of para-hydroxylation sites is 1. The van der Waals surface area contributed by atoms with Gasteiger partial charge in [-0.2, -0.15) is 5.10 Å². The fourth-order valence-corrected chi connectivity index (χ4v) is 4.60. The molecule has 6 aromatic rings. The van der Waals surface area contributed by atoms with E-state index < -0.39 is 6.04 Å². The van der Waals surface area contributed by atoms with Gasteiger partial charge < -0.3 is 5.32 Å². The van der Waals surface area contributed by atoms with Crippen molar-refractivity contribution in [2.45, 2.75) is 13.0 Å². The lowest BCUT2D eigenvalue weighted by atomic mass is 10.1. The standard InChI is InChI=1S/C31H23N7O2/c1-20(35-30(39)25-18-32-17-23-9-7-15-33-28(23)25)29-36-26-12-6-8-22(14-13-21-16-34-37(2)19-21)27(26)31(40)38(29)24-10-4-3-5-11-24/h3-12,15-20H,1-2H3,(H,35,39)/t20-/m0/s1. The van der Waals surface area contributed by atoms with Crippen LogP contribution in [0.3, 0.4) is 0 Å². The summed E-state index contributed by atoms with van der Waals surface area (Å²) >= 11 is 0. The van der Waals surface area contributed by atoms with Crippen LogP contribution in [0.4, 0.5) is 0 Å². The zero-order valence-corrected chi connectivity index (χ0v) is 21.7. The highest BCUT2D eigenvalue weighted by atomic mass is 16.2. The summed E-state index contributed by atoms with van der Waals surface area (Å²) in [6.07, 6.45) is 8.26. The van der Waals surface area contributed by atoms with Gasteiger partial charge in [-0.1, -0.05) is 36.1 Å². The number of benzene rings is 2. The number of hydrogen-bond donors (Lipinski definition) is 1. The predicted octanol–water partition coefficient (Wildman–Crippen LogP) is 3.95. The first-order valence-electron chi connectivity index (χ1n) is 12.6. The molecule has 2 aromatic carbocycles. The van der Waals surface area contributed by atoms with E-state index in [1.165, 1.54) is 10.8 Å². The lowest BCUT2D eigenvalue weighted by molar-refractivity contribution is 0.0939. The summed E-state index contributed by atoms with van der Waals surface area (Å²) in [5.41, 5.74) is 3.01. The molecule has 0 unspecified atom stereocenters. The molecule has 40 heavy (non-hydrogen) atoms. The maximum atomic E-state index is 14.1. The Labute approximate surface area is 229 Å². The van der Waals surface area contributed by atoms with Crippen LogP contribution in [0.15, 0.2) is 96.4 Å². The van der Waals surface area contributed by atoms with Crippen molar-refractivity contribution in [3.63, 3.8) is 0 Å². The van der Waals surface area contributed by atoms with Crippen LogP contribution in [0.5, 0.6) is 0 Å². The lowest BCUT2D eigenvalue weighted by Crippen LogP contribution is -2.33. The third-order valence-corrected chi connectivity index (χ3v) is 6.48. The van der Waals surface area contributed by atoms with Gasteiger partial charge in [0.15, 0.2) is 0 Å². The van der Waals surface area contributed by atoms with Gasteiger partial charge in [0.2, 0.25) is 0 Å². The minimum absolute atomic E-state index is 0.281. The van der Waals surface area contributed by atoms with Gasteiger partial charge in [0.1, 0.15) is 5.82 Å². The highest BCUT2D eigenvalue weighted by Crippen LogP contribution is 2.21. The molecule has 6 rings (SSSR count). The third kappa shape index (κ3) is 4.59. The normalized spacial score (nSPS) is 11.7. The average molecular weight is 526 g/mol. The van der Waals surface area contributed by atoms with Crippen LogP contribution in [0.25, 0.3) is 27.5 Å². The number of hydrogen-bond acceptors (Lipinski definition) is 6. The predicted molar refractivity (Wildman–Crippen MR) is 152 cm³/mol. The van der Waals surface area contributed by atoms with Crippen LogP contribution in [0, 0.1) is 11.8 Å². The van der Waals surface area contributed by atoms with Gasteiger partial charge in [0.05, 0.1) is 45.5 Å². The molecule has 9 heteroatoms. The Balaban J connectivity index is 1.47. The Bertz CT molecular complexity index is 2010. The molecule has 1 amide bonds. The molecule has 0 bridgehead atoms. The second kappa shape index (κ2) is 10.3. The van der Waals surface area contributed by atoms with E-state index in [1.807, 2.05) is 55.7 Å². The molecule has 0 fully saturated rings. The van der Waals surface area contributed by atoms with Crippen molar-refractivity contribution >= 4 is 27.7 Å². The first kappa shape index (κ1) is 24.7. The Kier molecular flexibility index (Phi) is 6.34. The molecule has 1 atom stereocenters. The second-order valence-electron chi connectivity index (χ2n) is 9.26. The average Bonchev–Trinajstić information content (AvgIpc) is 3.40. The number of nitrogens with zero attached hydrogens (tertiary/aromatic N) is 6. The van der Waals surface area contributed by atoms with E-state index >= 15 is 0 Å². The minimum atomic E-state index is -0.631. The van der Waals surface area contributed by atoms with Gasteiger partial charge in [-0.25, -0.2) is 4.98 Å². The first-order chi connectivity index (χ1) is 19.5. The molecule has 0 aliphatic carbocycles. The van der Waals surface area contributed by atoms with Crippen LogP contribution in [0.1, 0.15) is 40.3 Å². The lowest BCUT2D eigenvalue weighted by Gasteiger charge is -2.20. The molecule has 1 N–H and O–H groups in total. The minimum Gasteiger partial charge on any atom is -0.342 e. The van der Waals surface area contributed by atoms with Gasteiger partial charge in [0, 0.05) is 42.8 Å². The van der Waals surface area contributed by atoms with Crippen LogP contribution in [0.2, 0.25) is 0 Å². The molecule has 4 aromatic heterocycles. The van der Waals surface area contributed by atoms with E-state index in [0.717, 1.165) is 10.9 Å². The number of nitrogens with one attached hydrogen (secondary N) is 1. The smallest absolute Gasteiger partial charge is 0.267 e. The summed E-state index contributed by atoms with van der Waals surface area (Å²) in [6, 6.07) is 17.6. The number of rotatable bonds is 4. The largest absolute Gasteiger partial charge is 0.342 e. The summed E-state index contributed by atoms with van der Waals surface area (Å²) in [7, 11) is 1.82. The van der Waals surface area contributed by atoms with Crippen LogP contribution < -0.4 is 10.9 Å². The second-order valence-corrected chi connectivity index (χ2v) is 9.26. The molecular formula is C31H23N7O2. The summed E-state index contributed by atoms with van der Waals surface area (Å²) in [6.45, 7) is 1.79. The number of carbonyl (C=O) groups is 1. The van der Waals surface area contributed by atoms with Crippen molar-refractivity contribution in [1.29, 1.82) is 0 Å². The molecule has 9 nitrogen and oxygen atoms in total. The zero-order chi connectivity index (χ0) is 27.6. The summed E-state index contributed by atoms with van der Waals surface area (Å²) in [4.78, 5) is 40.9. The van der Waals surface area contributed by atoms with E-state index in [4.69, 9.17) is 4.98 Å². The van der Waals surface area contributed by atoms with Crippen LogP contribution in [-0.4, -0.2) is 35.2 Å². The molecule has 4 heterocycles. The highest BCUT2D eigenvalue weighted by molar-refractivity contribution is 6.05. The van der Waals surface area contributed by atoms with E-state index in [2.05, 4.69) is 32.2 Å². The number of aryl methyl sites for hydroxylation is 1. The first-order valence-corrected chi connectivity index (χ1v) is 12.6. The summed E-state index contributed by atoms with van der Waals surface area (Å²) in [5.74, 6) is 6.21. The third-order valence-electron chi connectivity index (χ3n) is 6.48. The molecular weight excluding hydrogens is 502 g/mol. The van der Waals surface area contributed by atoms with E-state index in [1.54, 1.807) is 48.4 Å². The van der Waals surface area contributed by atoms with Crippen molar-refractivity contribution in [1.82, 2.24) is 34.6 Å². The van der Waals surface area contributed by atoms with E-state index in [0.29, 0.717) is 39.1 Å². The van der Waals surface area contributed by atoms with Crippen molar-refractivity contribution in [2.75, 3.05) is 0 Å². The van der Waals surface area contributed by atoms with E-state index in [9.17, 15) is 9.59 Å². The fraction of sp³-hybridized carbons (Fsp3) is 0.0968. The van der Waals surface area contributed by atoms with Gasteiger partial charge in [-0.3, -0.25) is 28.8 Å². The van der Waals surface area contributed by atoms with Crippen LogP contribution in [-0.2, 0) is 7.05 Å². The van der Waals surface area contributed by atoms with Gasteiger partial charge in [-0.05, 0) is 43.3 Å². The Morgan fingerprint density at radius 3 is 2.62 bits per heavy atom. The topological polar surface area (TPSA) is 108 Å². The Morgan fingerprint density at radius 1 is 0.975 bits per heavy atom. The van der Waals surface area contributed by atoms with Crippen molar-refractivity contribution < 1.29 is 4.79 Å². The number of aromatic nitrogens is 6. The Morgan fingerprint density at radius 2 is 1.82 bits per heavy atom. The molecule has 0 aliphatic rings. The number of carbonyl (C=O) groups excluding carboxylic acids is 1. The molecule has 194 valence electrons. The number of fused-ring (bicyclic) bond motifs is 2. The number of pyridine rings is 2. The molecule has 0 saturated heterocycles. The van der Waals surface area contributed by atoms with Gasteiger partial charge >= 0.3 is 0 Å². The molecule has 0 radical (unpaired) electrons. The molecule has 0 spiro atoms. The molecule has 0 saturated carbocycles. The van der Waals surface area contributed by atoms with Crippen LogP contribution >= 0.6 is 0 Å². The highest BCUT2D eigenvalue weighted by Gasteiger charge is 2.22. The van der Waals surface area contributed by atoms with Gasteiger partial charge in [0.25, 0.3) is 11.5 Å². The Hall–Kier alpha value is -5.62. The van der Waals surface area contributed by atoms with Crippen molar-refractivity contribution in [3.8, 4) is 17.5 Å².